The van der Waals surface area contributed by atoms with Gasteiger partial charge in [-0.1, -0.05) is 27.7 Å². The minimum Gasteiger partial charge on any atom is -0.480 e. The summed E-state index contributed by atoms with van der Waals surface area (Å²) in [6.07, 6.45) is 0.767. The lowest BCUT2D eigenvalue weighted by molar-refractivity contribution is -0.140. The molecule has 0 spiro atoms. The smallest absolute Gasteiger partial charge is 0.317 e. The maximum Gasteiger partial charge on any atom is 0.317 e. The number of nitrogens with zero attached hydrogens (tertiary/aromatic N) is 4. The number of carboxylic acids is 3. The van der Waals surface area contributed by atoms with Crippen molar-refractivity contribution >= 4 is 24.2 Å². The first-order valence-corrected chi connectivity index (χ1v) is 11.2. The van der Waals surface area contributed by atoms with Crippen LogP contribution in [0.4, 0.5) is 0 Å². The summed E-state index contributed by atoms with van der Waals surface area (Å²) >= 11 is 0. The zero-order valence-electron chi connectivity index (χ0n) is 20.8. The summed E-state index contributed by atoms with van der Waals surface area (Å²) in [5, 5.41) is 34.2. The fourth-order valence-corrected chi connectivity index (χ4v) is 2.91. The first-order valence-electron chi connectivity index (χ1n) is 11.2. The predicted octanol–water partition coefficient (Wildman–Crippen LogP) is -0.678. The highest BCUT2D eigenvalue weighted by molar-refractivity contribution is 5.69. The number of aldehydes is 1. The molecule has 0 bridgehead atoms. The second-order valence-electron chi connectivity index (χ2n) is 6.48. The lowest BCUT2D eigenvalue weighted by Gasteiger charge is -2.32. The number of rotatable bonds is 8. The largest absolute Gasteiger partial charge is 0.480 e. The number of carbonyl (C=O) groups excluding carboxylic acids is 1. The molecule has 0 aliphatic carbocycles. The molecule has 1 saturated heterocycles. The standard InChI is InChI=1S/C16H28N4O7.2C2H6.CH4O/c21-10-9-17-1-3-18(11-14(22)23)5-7-20(13-16(26)27)8-6-19(4-2-17)12-15(24)25;3*1-2/h10H,1-9,11-13H2,(H,22,23)(H,24,25)(H,26,27);2*1-2H3;2H,1H3. The van der Waals surface area contributed by atoms with Crippen molar-refractivity contribution in [3.8, 4) is 0 Å². The molecule has 0 aromatic carbocycles. The number of aliphatic hydroxyl groups excluding tert-OH is 1. The number of carbonyl (C=O) groups is 4. The molecule has 196 valence electrons. The zero-order chi connectivity index (χ0) is 26.2. The van der Waals surface area contributed by atoms with Crippen LogP contribution in [0.5, 0.6) is 0 Å². The molecule has 1 rings (SSSR count). The van der Waals surface area contributed by atoms with Gasteiger partial charge in [-0.3, -0.25) is 34.0 Å². The summed E-state index contributed by atoms with van der Waals surface area (Å²) in [6.45, 7) is 10.9. The first-order chi connectivity index (χ1) is 15.8. The molecule has 0 amide bonds. The van der Waals surface area contributed by atoms with E-state index in [1.807, 2.05) is 32.6 Å². The summed E-state index contributed by atoms with van der Waals surface area (Å²) in [6, 6.07) is 0. The molecule has 0 unspecified atom stereocenters. The van der Waals surface area contributed by atoms with E-state index in [-0.39, 0.29) is 26.2 Å². The van der Waals surface area contributed by atoms with E-state index < -0.39 is 17.9 Å². The Labute approximate surface area is 197 Å². The van der Waals surface area contributed by atoms with Crippen LogP contribution in [0.25, 0.3) is 0 Å². The van der Waals surface area contributed by atoms with Crippen LogP contribution < -0.4 is 0 Å². The molecule has 1 fully saturated rings. The molecule has 33 heavy (non-hydrogen) atoms. The van der Waals surface area contributed by atoms with E-state index in [4.69, 9.17) is 20.4 Å². The Morgan fingerprint density at radius 2 is 0.788 bits per heavy atom. The van der Waals surface area contributed by atoms with Crippen LogP contribution in [-0.2, 0) is 19.2 Å². The lowest BCUT2D eigenvalue weighted by Crippen LogP contribution is -2.48. The molecule has 1 heterocycles. The minimum absolute atomic E-state index is 0.166. The fraction of sp³-hybridized carbons (Fsp3) is 0.810. The van der Waals surface area contributed by atoms with Gasteiger partial charge >= 0.3 is 17.9 Å². The van der Waals surface area contributed by atoms with Gasteiger partial charge in [0.25, 0.3) is 0 Å². The van der Waals surface area contributed by atoms with Gasteiger partial charge in [0.05, 0.1) is 26.2 Å². The third-order valence-corrected chi connectivity index (χ3v) is 4.34. The van der Waals surface area contributed by atoms with Gasteiger partial charge < -0.3 is 25.2 Å². The molecule has 1 aliphatic heterocycles. The van der Waals surface area contributed by atoms with Gasteiger partial charge in [0.15, 0.2) is 0 Å². The SMILES string of the molecule is CC.CC.CO.O=CCN1CCN(CC(=O)O)CCN(CC(=O)O)CCN(CC(=O)O)CC1. The van der Waals surface area contributed by atoms with Crippen LogP contribution in [0.3, 0.4) is 0 Å². The molecule has 0 aromatic rings. The molecular formula is C21H44N4O8. The van der Waals surface area contributed by atoms with E-state index in [0.29, 0.717) is 52.4 Å². The third-order valence-electron chi connectivity index (χ3n) is 4.34. The average Bonchev–Trinajstić information content (AvgIpc) is 2.78. The third kappa shape index (κ3) is 21.5. The van der Waals surface area contributed by atoms with Crippen molar-refractivity contribution in [3.63, 3.8) is 0 Å². The van der Waals surface area contributed by atoms with Gasteiger partial charge in [0, 0.05) is 59.5 Å². The van der Waals surface area contributed by atoms with Gasteiger partial charge in [-0.15, -0.1) is 0 Å². The van der Waals surface area contributed by atoms with Crippen molar-refractivity contribution in [2.24, 2.45) is 0 Å². The Morgan fingerprint density at radius 1 is 0.576 bits per heavy atom. The maximum absolute atomic E-state index is 11.1. The lowest BCUT2D eigenvalue weighted by atomic mass is 10.3. The number of hydrogen-bond acceptors (Lipinski definition) is 9. The topological polar surface area (TPSA) is 162 Å². The minimum atomic E-state index is -0.992. The van der Waals surface area contributed by atoms with E-state index >= 15 is 0 Å². The van der Waals surface area contributed by atoms with Crippen LogP contribution >= 0.6 is 0 Å². The van der Waals surface area contributed by atoms with Gasteiger partial charge in [0.1, 0.15) is 6.29 Å². The summed E-state index contributed by atoms with van der Waals surface area (Å²) in [4.78, 5) is 51.1. The summed E-state index contributed by atoms with van der Waals surface area (Å²) < 4.78 is 0. The quantitative estimate of drug-likeness (QED) is 0.324. The highest BCUT2D eigenvalue weighted by Crippen LogP contribution is 2.01. The van der Waals surface area contributed by atoms with E-state index in [1.54, 1.807) is 14.7 Å². The molecule has 1 aliphatic rings. The van der Waals surface area contributed by atoms with E-state index in [1.165, 1.54) is 0 Å². The maximum atomic E-state index is 11.1. The number of aliphatic hydroxyl groups is 1. The molecule has 12 nitrogen and oxygen atoms in total. The second-order valence-corrected chi connectivity index (χ2v) is 6.48. The van der Waals surface area contributed by atoms with E-state index in [0.717, 1.165) is 13.4 Å². The van der Waals surface area contributed by atoms with Gasteiger partial charge in [-0.2, -0.15) is 0 Å². The Balaban J connectivity index is -0.00000138. The normalized spacial score (nSPS) is 16.7. The summed E-state index contributed by atoms with van der Waals surface area (Å²) in [5.41, 5.74) is 0. The molecule has 0 atom stereocenters. The monoisotopic (exact) mass is 480 g/mol. The first kappa shape index (κ1) is 35.5. The number of aliphatic carboxylic acids is 3. The molecule has 0 radical (unpaired) electrons. The number of carboxylic acid groups (broad SMARTS) is 3. The van der Waals surface area contributed by atoms with Gasteiger partial charge in [0.2, 0.25) is 0 Å². The van der Waals surface area contributed by atoms with Crippen molar-refractivity contribution < 1.29 is 39.6 Å². The Kier molecular flexibility index (Phi) is 26.4. The van der Waals surface area contributed by atoms with Crippen molar-refractivity contribution in [1.29, 1.82) is 0 Å². The molecule has 4 N–H and O–H groups in total. The molecule has 0 aromatic heterocycles. The van der Waals surface area contributed by atoms with Crippen LogP contribution in [-0.4, -0.2) is 150 Å². The van der Waals surface area contributed by atoms with Gasteiger partial charge in [-0.25, -0.2) is 0 Å². The second kappa shape index (κ2) is 24.5. The Morgan fingerprint density at radius 3 is 0.970 bits per heavy atom. The highest BCUT2D eigenvalue weighted by Gasteiger charge is 2.19. The van der Waals surface area contributed by atoms with Crippen molar-refractivity contribution in [2.45, 2.75) is 27.7 Å². The highest BCUT2D eigenvalue weighted by atomic mass is 16.4. The van der Waals surface area contributed by atoms with Crippen molar-refractivity contribution in [3.05, 3.63) is 0 Å². The van der Waals surface area contributed by atoms with Crippen LogP contribution in [0.2, 0.25) is 0 Å². The van der Waals surface area contributed by atoms with Crippen molar-refractivity contribution in [2.75, 3.05) is 85.6 Å². The Bertz CT molecular complexity index is 490. The molecule has 0 saturated carbocycles. The van der Waals surface area contributed by atoms with Crippen LogP contribution in [0, 0.1) is 0 Å². The Hall–Kier alpha value is -2.12. The van der Waals surface area contributed by atoms with Crippen LogP contribution in [0.1, 0.15) is 27.7 Å². The summed E-state index contributed by atoms with van der Waals surface area (Å²) in [7, 11) is 1.00. The van der Waals surface area contributed by atoms with Crippen molar-refractivity contribution in [1.82, 2.24) is 19.6 Å². The van der Waals surface area contributed by atoms with E-state index in [9.17, 15) is 19.2 Å². The molecular weight excluding hydrogens is 436 g/mol. The van der Waals surface area contributed by atoms with Gasteiger partial charge in [-0.05, 0) is 0 Å². The average molecular weight is 481 g/mol. The molecule has 12 heteroatoms. The number of hydrogen-bond donors (Lipinski definition) is 4. The fourth-order valence-electron chi connectivity index (χ4n) is 2.91. The van der Waals surface area contributed by atoms with E-state index in [2.05, 4.69) is 0 Å². The predicted molar refractivity (Wildman–Crippen MR) is 126 cm³/mol. The summed E-state index contributed by atoms with van der Waals surface area (Å²) in [5.74, 6) is -2.93. The van der Waals surface area contributed by atoms with Crippen LogP contribution in [0.15, 0.2) is 0 Å². The zero-order valence-corrected chi connectivity index (χ0v) is 20.8.